The van der Waals surface area contributed by atoms with Gasteiger partial charge in [0, 0.05) is 18.6 Å². The standard InChI is InChI=1S/C14H13F3N4O5S.C10H5Cl2NO2/c1-21(27(23,24)12(16)17)9-7(5-4-6-8(9)15)10(22)11-18-13(25-2)20-14(19-11)26-3;11-6-3-5-1-2-7(12)8(10(14)15)9(5)13-4-6/h4-6,12H,1-3H3;1-4H,(H,14,15). The molecule has 42 heavy (non-hydrogen) atoms. The number of halogens is 5. The van der Waals surface area contributed by atoms with E-state index in [0.717, 1.165) is 18.2 Å². The number of ether oxygens (including phenoxy) is 2. The number of fused-ring (bicyclic) bond motifs is 1. The molecule has 0 bridgehead atoms. The quantitative estimate of drug-likeness (QED) is 0.268. The molecule has 0 aliphatic rings. The number of pyridine rings is 1. The van der Waals surface area contributed by atoms with E-state index in [-0.39, 0.29) is 26.9 Å². The molecule has 0 spiro atoms. The van der Waals surface area contributed by atoms with Crippen LogP contribution in [0.2, 0.25) is 10.0 Å². The summed E-state index contributed by atoms with van der Waals surface area (Å²) in [5, 5.41) is 10.3. The van der Waals surface area contributed by atoms with Crippen molar-refractivity contribution >= 4 is 61.6 Å². The van der Waals surface area contributed by atoms with Crippen LogP contribution in [-0.2, 0) is 10.0 Å². The Labute approximate surface area is 245 Å². The number of carboxylic acids is 1. The Morgan fingerprint density at radius 1 is 1.02 bits per heavy atom. The van der Waals surface area contributed by atoms with Crippen molar-refractivity contribution in [1.29, 1.82) is 0 Å². The summed E-state index contributed by atoms with van der Waals surface area (Å²) in [6.07, 6.45) is 1.40. The third kappa shape index (κ3) is 6.78. The zero-order valence-electron chi connectivity index (χ0n) is 21.5. The molecule has 2 aromatic carbocycles. The lowest BCUT2D eigenvalue weighted by Gasteiger charge is -2.21. The maximum atomic E-state index is 14.3. The minimum Gasteiger partial charge on any atom is -0.478 e. The third-order valence-corrected chi connectivity index (χ3v) is 7.22. The number of anilines is 1. The number of nitrogens with zero attached hydrogens (tertiary/aromatic N) is 5. The normalized spacial score (nSPS) is 11.1. The van der Waals surface area contributed by atoms with Gasteiger partial charge in [0.1, 0.15) is 11.4 Å². The van der Waals surface area contributed by atoms with Gasteiger partial charge in [-0.3, -0.25) is 14.1 Å². The van der Waals surface area contributed by atoms with Crippen LogP contribution >= 0.6 is 23.2 Å². The van der Waals surface area contributed by atoms with Crippen LogP contribution in [0.25, 0.3) is 10.9 Å². The van der Waals surface area contributed by atoms with Gasteiger partial charge in [-0.05, 0) is 24.3 Å². The summed E-state index contributed by atoms with van der Waals surface area (Å²) in [7, 11) is -2.10. The minimum atomic E-state index is -5.21. The number of para-hydroxylation sites is 1. The summed E-state index contributed by atoms with van der Waals surface area (Å²) in [5.74, 6) is -7.74. The van der Waals surface area contributed by atoms with Crippen molar-refractivity contribution in [3.05, 3.63) is 75.4 Å². The number of rotatable bonds is 8. The van der Waals surface area contributed by atoms with Gasteiger partial charge in [0.15, 0.2) is 0 Å². The number of methoxy groups -OCH3 is 2. The fraction of sp³-hybridized carbons (Fsp3) is 0.167. The lowest BCUT2D eigenvalue weighted by atomic mass is 10.1. The molecule has 0 saturated carbocycles. The highest BCUT2D eigenvalue weighted by molar-refractivity contribution is 7.93. The van der Waals surface area contributed by atoms with Crippen LogP contribution in [0.5, 0.6) is 12.0 Å². The van der Waals surface area contributed by atoms with Crippen molar-refractivity contribution in [2.24, 2.45) is 0 Å². The summed E-state index contributed by atoms with van der Waals surface area (Å²) in [6, 6.07) is 7.22. The number of carboxylic acid groups (broad SMARTS) is 1. The maximum Gasteiger partial charge on any atom is 0.355 e. The van der Waals surface area contributed by atoms with E-state index in [9.17, 15) is 31.2 Å². The summed E-state index contributed by atoms with van der Waals surface area (Å²) in [6.45, 7) is 0. The van der Waals surface area contributed by atoms with Crippen molar-refractivity contribution in [2.45, 2.75) is 5.76 Å². The van der Waals surface area contributed by atoms with E-state index in [2.05, 4.69) is 19.9 Å². The first-order valence-corrected chi connectivity index (χ1v) is 13.4. The number of hydrogen-bond acceptors (Lipinski definition) is 10. The SMILES string of the molecule is COc1nc(OC)nc(C(=O)c2cccc(F)c2N(C)S(=O)(=O)C(F)F)n1.O=C(O)c1c(Cl)ccc2cc(Cl)cnc12. The highest BCUT2D eigenvalue weighted by Crippen LogP contribution is 2.30. The molecule has 4 rings (SSSR count). The van der Waals surface area contributed by atoms with Gasteiger partial charge < -0.3 is 14.6 Å². The van der Waals surface area contributed by atoms with E-state index in [0.29, 0.717) is 23.0 Å². The molecule has 2 heterocycles. The van der Waals surface area contributed by atoms with E-state index in [4.69, 9.17) is 37.8 Å². The van der Waals surface area contributed by atoms with Crippen molar-refractivity contribution in [2.75, 3.05) is 25.6 Å². The Kier molecular flexibility index (Phi) is 10.1. The molecule has 0 radical (unpaired) electrons. The molecule has 4 aromatic rings. The number of benzene rings is 2. The molecule has 0 saturated heterocycles. The van der Waals surface area contributed by atoms with Gasteiger partial charge in [0.05, 0.1) is 41.0 Å². The molecule has 2 aromatic heterocycles. The number of carbonyl (C=O) groups is 2. The zero-order valence-corrected chi connectivity index (χ0v) is 23.9. The molecule has 1 N–H and O–H groups in total. The second-order valence-corrected chi connectivity index (χ2v) is 10.6. The number of aromatic carboxylic acids is 1. The highest BCUT2D eigenvalue weighted by Gasteiger charge is 2.34. The fourth-order valence-electron chi connectivity index (χ4n) is 3.36. The molecule has 222 valence electrons. The molecule has 0 fully saturated rings. The lowest BCUT2D eigenvalue weighted by molar-refractivity contribution is 0.0698. The van der Waals surface area contributed by atoms with Gasteiger partial charge >= 0.3 is 23.7 Å². The molecule has 18 heteroatoms. The number of aromatic nitrogens is 4. The van der Waals surface area contributed by atoms with Crippen LogP contribution in [0, 0.1) is 5.82 Å². The average molecular weight is 648 g/mol. The van der Waals surface area contributed by atoms with Crippen molar-refractivity contribution in [3.63, 3.8) is 0 Å². The zero-order chi connectivity index (χ0) is 31.4. The topological polar surface area (TPSA) is 162 Å². The van der Waals surface area contributed by atoms with E-state index >= 15 is 0 Å². The summed E-state index contributed by atoms with van der Waals surface area (Å²) < 4.78 is 72.9. The number of ketones is 1. The smallest absolute Gasteiger partial charge is 0.355 e. The largest absolute Gasteiger partial charge is 0.478 e. The molecule has 0 aliphatic carbocycles. The first-order valence-electron chi connectivity index (χ1n) is 11.1. The minimum absolute atomic E-state index is 0.00408. The van der Waals surface area contributed by atoms with Crippen LogP contribution in [0.4, 0.5) is 18.9 Å². The van der Waals surface area contributed by atoms with Crippen molar-refractivity contribution in [1.82, 2.24) is 19.9 Å². The summed E-state index contributed by atoms with van der Waals surface area (Å²) in [4.78, 5) is 38.7. The van der Waals surface area contributed by atoms with Crippen LogP contribution in [0.3, 0.4) is 0 Å². The number of hydrogen-bond donors (Lipinski definition) is 1. The van der Waals surface area contributed by atoms with E-state index in [1.807, 2.05) is 0 Å². The van der Waals surface area contributed by atoms with Gasteiger partial charge in [-0.15, -0.1) is 4.98 Å². The van der Waals surface area contributed by atoms with Gasteiger partial charge in [-0.1, -0.05) is 35.3 Å². The van der Waals surface area contributed by atoms with E-state index in [1.165, 1.54) is 26.5 Å². The van der Waals surface area contributed by atoms with Crippen molar-refractivity contribution in [3.8, 4) is 12.0 Å². The first kappa shape index (κ1) is 32.2. The first-order chi connectivity index (χ1) is 19.7. The third-order valence-electron chi connectivity index (χ3n) is 5.30. The van der Waals surface area contributed by atoms with E-state index in [1.54, 1.807) is 12.1 Å². The average Bonchev–Trinajstić information content (AvgIpc) is 2.95. The highest BCUT2D eigenvalue weighted by atomic mass is 35.5. The Morgan fingerprint density at radius 3 is 2.19 bits per heavy atom. The van der Waals surface area contributed by atoms with Crippen molar-refractivity contribution < 1.29 is 45.8 Å². The predicted molar refractivity (Wildman–Crippen MR) is 145 cm³/mol. The number of sulfonamides is 1. The number of alkyl halides is 2. The monoisotopic (exact) mass is 647 g/mol. The van der Waals surface area contributed by atoms with Crippen LogP contribution in [0.1, 0.15) is 26.5 Å². The van der Waals surface area contributed by atoms with Crippen LogP contribution in [0.15, 0.2) is 42.6 Å². The number of carbonyl (C=O) groups excluding carboxylic acids is 1. The molecule has 0 unspecified atom stereocenters. The summed E-state index contributed by atoms with van der Waals surface area (Å²) in [5.41, 5.74) is -1.08. The van der Waals surface area contributed by atoms with Gasteiger partial charge in [-0.25, -0.2) is 17.6 Å². The molecule has 0 amide bonds. The molecule has 0 atom stereocenters. The van der Waals surface area contributed by atoms with E-state index < -0.39 is 50.4 Å². The maximum absolute atomic E-state index is 14.3. The molecular formula is C24H18Cl2F3N5O7S. The Morgan fingerprint density at radius 2 is 1.64 bits per heavy atom. The fourth-order valence-corrected chi connectivity index (χ4v) is 4.44. The van der Waals surface area contributed by atoms with Crippen LogP contribution in [-0.4, -0.2) is 72.2 Å². The lowest BCUT2D eigenvalue weighted by Crippen LogP contribution is -2.33. The Balaban J connectivity index is 0.000000271. The second kappa shape index (κ2) is 13.1. The van der Waals surface area contributed by atoms with Gasteiger partial charge in [0.25, 0.3) is 10.0 Å². The Bertz CT molecular complexity index is 1760. The van der Waals surface area contributed by atoms with Crippen LogP contribution < -0.4 is 13.8 Å². The van der Waals surface area contributed by atoms with Gasteiger partial charge in [-0.2, -0.15) is 18.7 Å². The second-order valence-electron chi connectivity index (χ2n) is 7.82. The molecule has 0 aliphatic heterocycles. The molecular weight excluding hydrogens is 630 g/mol. The summed E-state index contributed by atoms with van der Waals surface area (Å²) >= 11 is 11.5. The predicted octanol–water partition coefficient (Wildman–Crippen LogP) is 4.49. The molecule has 12 nitrogen and oxygen atoms in total. The Hall–Kier alpha value is -4.28. The van der Waals surface area contributed by atoms with Gasteiger partial charge in [0.2, 0.25) is 11.6 Å².